The second-order valence-corrected chi connectivity index (χ2v) is 4.58. The number of nitrogens with one attached hydrogen (secondary N) is 1. The van der Waals surface area contributed by atoms with E-state index in [9.17, 15) is 9.59 Å². The first-order valence-corrected chi connectivity index (χ1v) is 6.04. The molecule has 0 saturated heterocycles. The third kappa shape index (κ3) is 5.48. The molecule has 1 aromatic rings. The molecule has 1 N–H and O–H groups in total. The predicted molar refractivity (Wildman–Crippen MR) is 69.1 cm³/mol. The summed E-state index contributed by atoms with van der Waals surface area (Å²) >= 11 is 0. The van der Waals surface area contributed by atoms with Crippen molar-refractivity contribution in [3.05, 3.63) is 35.9 Å². The van der Waals surface area contributed by atoms with Gasteiger partial charge in [-0.15, -0.1) is 0 Å². The standard InChI is InChI=1S/C14H19NO3/c1-11(2)8-13(9-16)15-14(17)18-10-12-6-4-3-5-7-12/h3-7,9,11,13H,8,10H2,1-2H3,(H,15,17). The molecule has 0 aliphatic heterocycles. The van der Waals surface area contributed by atoms with Crippen molar-refractivity contribution >= 4 is 12.4 Å². The Kier molecular flexibility index (Phi) is 5.91. The van der Waals surface area contributed by atoms with E-state index in [0.717, 1.165) is 11.8 Å². The molecule has 4 heteroatoms. The molecule has 0 aromatic heterocycles. The Hall–Kier alpha value is -1.84. The van der Waals surface area contributed by atoms with Crippen LogP contribution in [-0.4, -0.2) is 18.4 Å². The summed E-state index contributed by atoms with van der Waals surface area (Å²) in [5.41, 5.74) is 0.916. The van der Waals surface area contributed by atoms with E-state index in [1.165, 1.54) is 0 Å². The summed E-state index contributed by atoms with van der Waals surface area (Å²) in [7, 11) is 0. The molecular weight excluding hydrogens is 230 g/mol. The van der Waals surface area contributed by atoms with Gasteiger partial charge in [-0.25, -0.2) is 4.79 Å². The summed E-state index contributed by atoms with van der Waals surface area (Å²) in [6.45, 7) is 4.20. The van der Waals surface area contributed by atoms with Gasteiger partial charge in [0.15, 0.2) is 0 Å². The van der Waals surface area contributed by atoms with Crippen LogP contribution in [0.3, 0.4) is 0 Å². The fraction of sp³-hybridized carbons (Fsp3) is 0.429. The lowest BCUT2D eigenvalue weighted by Gasteiger charge is -2.14. The lowest BCUT2D eigenvalue weighted by atomic mass is 10.1. The molecule has 0 bridgehead atoms. The molecule has 0 spiro atoms. The highest BCUT2D eigenvalue weighted by Gasteiger charge is 2.13. The summed E-state index contributed by atoms with van der Waals surface area (Å²) in [5.74, 6) is 0.342. The molecule has 1 unspecified atom stereocenters. The largest absolute Gasteiger partial charge is 0.445 e. The van der Waals surface area contributed by atoms with Crippen molar-refractivity contribution in [2.45, 2.75) is 32.9 Å². The van der Waals surface area contributed by atoms with Crippen molar-refractivity contribution in [1.29, 1.82) is 0 Å². The highest BCUT2D eigenvalue weighted by molar-refractivity contribution is 5.73. The maximum absolute atomic E-state index is 11.5. The minimum atomic E-state index is -0.559. The zero-order chi connectivity index (χ0) is 13.4. The number of benzene rings is 1. The van der Waals surface area contributed by atoms with Gasteiger partial charge in [-0.05, 0) is 17.9 Å². The van der Waals surface area contributed by atoms with E-state index in [1.807, 2.05) is 44.2 Å². The fourth-order valence-corrected chi connectivity index (χ4v) is 1.57. The molecule has 0 heterocycles. The maximum Gasteiger partial charge on any atom is 0.408 e. The molecule has 4 nitrogen and oxygen atoms in total. The van der Waals surface area contributed by atoms with E-state index in [1.54, 1.807) is 0 Å². The quantitative estimate of drug-likeness (QED) is 0.788. The Labute approximate surface area is 107 Å². The van der Waals surface area contributed by atoms with Crippen LogP contribution in [0.5, 0.6) is 0 Å². The maximum atomic E-state index is 11.5. The lowest BCUT2D eigenvalue weighted by Crippen LogP contribution is -2.37. The Morgan fingerprint density at radius 2 is 2.00 bits per heavy atom. The third-order valence-corrected chi connectivity index (χ3v) is 2.41. The number of carbonyl (C=O) groups is 2. The van der Waals surface area contributed by atoms with E-state index >= 15 is 0 Å². The van der Waals surface area contributed by atoms with Gasteiger partial charge in [-0.3, -0.25) is 0 Å². The summed E-state index contributed by atoms with van der Waals surface area (Å²) in [6, 6.07) is 8.92. The van der Waals surface area contributed by atoms with Crippen LogP contribution in [0.25, 0.3) is 0 Å². The first kappa shape index (κ1) is 14.2. The van der Waals surface area contributed by atoms with Gasteiger partial charge >= 0.3 is 6.09 Å². The van der Waals surface area contributed by atoms with E-state index < -0.39 is 12.1 Å². The second kappa shape index (κ2) is 7.48. The van der Waals surface area contributed by atoms with Gasteiger partial charge in [0.1, 0.15) is 12.9 Å². The van der Waals surface area contributed by atoms with E-state index in [0.29, 0.717) is 12.3 Å². The number of hydrogen-bond donors (Lipinski definition) is 1. The normalized spacial score (nSPS) is 11.9. The van der Waals surface area contributed by atoms with Gasteiger partial charge in [0.2, 0.25) is 0 Å². The Bertz CT molecular complexity index is 376. The van der Waals surface area contributed by atoms with Crippen LogP contribution in [0.4, 0.5) is 4.79 Å². The fourth-order valence-electron chi connectivity index (χ4n) is 1.57. The van der Waals surface area contributed by atoms with Gasteiger partial charge in [0.25, 0.3) is 0 Å². The molecular formula is C14H19NO3. The van der Waals surface area contributed by atoms with Crippen molar-refractivity contribution in [2.24, 2.45) is 5.92 Å². The minimum Gasteiger partial charge on any atom is -0.445 e. The van der Waals surface area contributed by atoms with E-state index in [4.69, 9.17) is 4.74 Å². The smallest absolute Gasteiger partial charge is 0.408 e. The van der Waals surface area contributed by atoms with Crippen LogP contribution >= 0.6 is 0 Å². The van der Waals surface area contributed by atoms with Gasteiger partial charge in [-0.1, -0.05) is 44.2 Å². The monoisotopic (exact) mass is 249 g/mol. The Balaban J connectivity index is 2.34. The number of alkyl carbamates (subject to hydrolysis) is 1. The van der Waals surface area contributed by atoms with Crippen molar-refractivity contribution in [3.8, 4) is 0 Å². The topological polar surface area (TPSA) is 55.4 Å². The zero-order valence-corrected chi connectivity index (χ0v) is 10.8. The number of carbonyl (C=O) groups excluding carboxylic acids is 2. The molecule has 1 amide bonds. The van der Waals surface area contributed by atoms with Crippen LogP contribution in [0.1, 0.15) is 25.8 Å². The summed E-state index contributed by atoms with van der Waals surface area (Å²) < 4.78 is 5.03. The predicted octanol–water partition coefficient (Wildman–Crippen LogP) is 2.53. The Morgan fingerprint density at radius 3 is 2.56 bits per heavy atom. The molecule has 98 valence electrons. The van der Waals surface area contributed by atoms with Crippen LogP contribution < -0.4 is 5.32 Å². The average Bonchev–Trinajstić information content (AvgIpc) is 2.36. The number of aldehydes is 1. The van der Waals surface area contributed by atoms with Crippen LogP contribution in [0, 0.1) is 5.92 Å². The molecule has 1 rings (SSSR count). The van der Waals surface area contributed by atoms with Crippen LogP contribution in [0.15, 0.2) is 30.3 Å². The summed E-state index contributed by atoms with van der Waals surface area (Å²) in [4.78, 5) is 22.3. The summed E-state index contributed by atoms with van der Waals surface area (Å²) in [6.07, 6.45) is 0.796. The number of rotatable bonds is 6. The van der Waals surface area contributed by atoms with E-state index in [-0.39, 0.29) is 6.61 Å². The van der Waals surface area contributed by atoms with Crippen molar-refractivity contribution in [2.75, 3.05) is 0 Å². The van der Waals surface area contributed by atoms with Crippen LogP contribution in [0.2, 0.25) is 0 Å². The molecule has 18 heavy (non-hydrogen) atoms. The molecule has 1 atom stereocenters. The summed E-state index contributed by atoms with van der Waals surface area (Å²) in [5, 5.41) is 2.54. The first-order chi connectivity index (χ1) is 8.61. The number of amides is 1. The highest BCUT2D eigenvalue weighted by atomic mass is 16.5. The van der Waals surface area contributed by atoms with Crippen LogP contribution in [-0.2, 0) is 16.1 Å². The van der Waals surface area contributed by atoms with Gasteiger partial charge in [-0.2, -0.15) is 0 Å². The molecule has 0 saturated carbocycles. The van der Waals surface area contributed by atoms with Gasteiger partial charge in [0.05, 0.1) is 6.04 Å². The Morgan fingerprint density at radius 1 is 1.33 bits per heavy atom. The molecule has 1 aromatic carbocycles. The lowest BCUT2D eigenvalue weighted by molar-refractivity contribution is -0.109. The van der Waals surface area contributed by atoms with Gasteiger partial charge < -0.3 is 14.8 Å². The highest BCUT2D eigenvalue weighted by Crippen LogP contribution is 2.04. The average molecular weight is 249 g/mol. The molecule has 0 aliphatic rings. The molecule has 0 aliphatic carbocycles. The second-order valence-electron chi connectivity index (χ2n) is 4.58. The molecule has 0 radical (unpaired) electrons. The number of hydrogen-bond acceptors (Lipinski definition) is 3. The third-order valence-electron chi connectivity index (χ3n) is 2.41. The zero-order valence-electron chi connectivity index (χ0n) is 10.8. The van der Waals surface area contributed by atoms with E-state index in [2.05, 4.69) is 5.32 Å². The van der Waals surface area contributed by atoms with Crippen molar-refractivity contribution < 1.29 is 14.3 Å². The first-order valence-electron chi connectivity index (χ1n) is 6.04. The number of ether oxygens (including phenoxy) is 1. The van der Waals surface area contributed by atoms with Gasteiger partial charge in [0, 0.05) is 0 Å². The van der Waals surface area contributed by atoms with Crippen molar-refractivity contribution in [1.82, 2.24) is 5.32 Å². The molecule has 0 fully saturated rings. The van der Waals surface area contributed by atoms with Crippen molar-refractivity contribution in [3.63, 3.8) is 0 Å². The minimum absolute atomic E-state index is 0.208. The SMILES string of the molecule is CC(C)CC(C=O)NC(=O)OCc1ccccc1.